The molecule has 0 unspecified atom stereocenters. The molecule has 0 aromatic heterocycles. The number of aryl methyl sites for hydroxylation is 1. The Bertz CT molecular complexity index is 293. The van der Waals surface area contributed by atoms with Crippen LogP contribution in [0.25, 0.3) is 0 Å². The highest BCUT2D eigenvalue weighted by Gasteiger charge is 2.01. The van der Waals surface area contributed by atoms with Gasteiger partial charge in [0, 0.05) is 6.54 Å². The first-order chi connectivity index (χ1) is 6.76. The minimum atomic E-state index is -0.406. The molecule has 0 spiro atoms. The summed E-state index contributed by atoms with van der Waals surface area (Å²) in [6.45, 7) is 4.51. The van der Waals surface area contributed by atoms with E-state index < -0.39 is 6.09 Å². The molecule has 3 nitrogen and oxygen atoms in total. The molecule has 1 amide bonds. The standard InChI is InChI=1S/C11H15NO2/c1-3-9-5-7-10(8-6-9)14-11(13)12-4-2/h5-8H,3-4H2,1-2H3,(H,12,13). The Morgan fingerprint density at radius 3 is 2.43 bits per heavy atom. The Balaban J connectivity index is 2.55. The van der Waals surface area contributed by atoms with E-state index in [1.165, 1.54) is 5.56 Å². The van der Waals surface area contributed by atoms with Crippen molar-refractivity contribution in [2.24, 2.45) is 0 Å². The fraction of sp³-hybridized carbons (Fsp3) is 0.364. The molecule has 1 aromatic carbocycles. The Morgan fingerprint density at radius 1 is 1.29 bits per heavy atom. The van der Waals surface area contributed by atoms with Gasteiger partial charge in [-0.05, 0) is 31.0 Å². The SMILES string of the molecule is CCNC(=O)Oc1ccc(CC)cc1. The molecule has 0 heterocycles. The summed E-state index contributed by atoms with van der Waals surface area (Å²) in [5, 5.41) is 2.56. The number of hydrogen-bond acceptors (Lipinski definition) is 2. The van der Waals surface area contributed by atoms with Gasteiger partial charge in [-0.1, -0.05) is 19.1 Å². The summed E-state index contributed by atoms with van der Waals surface area (Å²) < 4.78 is 5.00. The van der Waals surface area contributed by atoms with E-state index in [1.54, 1.807) is 12.1 Å². The summed E-state index contributed by atoms with van der Waals surface area (Å²) in [5.41, 5.74) is 1.23. The Kier molecular flexibility index (Phi) is 3.98. The summed E-state index contributed by atoms with van der Waals surface area (Å²) in [7, 11) is 0. The summed E-state index contributed by atoms with van der Waals surface area (Å²) in [4.78, 5) is 11.0. The number of amides is 1. The maximum atomic E-state index is 11.0. The number of benzene rings is 1. The molecule has 0 radical (unpaired) electrons. The van der Waals surface area contributed by atoms with Crippen LogP contribution in [0.5, 0.6) is 5.75 Å². The lowest BCUT2D eigenvalue weighted by atomic mass is 10.2. The third-order valence-corrected chi connectivity index (χ3v) is 1.86. The Labute approximate surface area is 84.1 Å². The molecule has 0 atom stereocenters. The highest BCUT2D eigenvalue weighted by Crippen LogP contribution is 2.12. The van der Waals surface area contributed by atoms with Crippen LogP contribution in [-0.4, -0.2) is 12.6 Å². The van der Waals surface area contributed by atoms with Crippen molar-refractivity contribution in [1.29, 1.82) is 0 Å². The lowest BCUT2D eigenvalue weighted by Crippen LogP contribution is -2.26. The summed E-state index contributed by atoms with van der Waals surface area (Å²) in [5.74, 6) is 0.577. The van der Waals surface area contributed by atoms with E-state index in [-0.39, 0.29) is 0 Å². The zero-order valence-corrected chi connectivity index (χ0v) is 8.54. The normalized spacial score (nSPS) is 9.57. The Morgan fingerprint density at radius 2 is 1.93 bits per heavy atom. The fourth-order valence-electron chi connectivity index (χ4n) is 1.08. The topological polar surface area (TPSA) is 38.3 Å². The molecule has 0 saturated carbocycles. The summed E-state index contributed by atoms with van der Waals surface area (Å²) >= 11 is 0. The number of hydrogen-bond donors (Lipinski definition) is 1. The minimum absolute atomic E-state index is 0.406. The number of carbonyl (C=O) groups is 1. The molecular weight excluding hydrogens is 178 g/mol. The van der Waals surface area contributed by atoms with E-state index in [2.05, 4.69) is 12.2 Å². The molecule has 14 heavy (non-hydrogen) atoms. The second kappa shape index (κ2) is 5.27. The second-order valence-electron chi connectivity index (χ2n) is 2.92. The lowest BCUT2D eigenvalue weighted by molar-refractivity contribution is 0.201. The van der Waals surface area contributed by atoms with E-state index in [0.717, 1.165) is 6.42 Å². The van der Waals surface area contributed by atoms with Gasteiger partial charge in [0.15, 0.2) is 0 Å². The van der Waals surface area contributed by atoms with Gasteiger partial charge in [0.25, 0.3) is 0 Å². The van der Waals surface area contributed by atoms with Crippen LogP contribution in [0.2, 0.25) is 0 Å². The molecule has 3 heteroatoms. The van der Waals surface area contributed by atoms with Crippen LogP contribution in [0, 0.1) is 0 Å². The third kappa shape index (κ3) is 3.09. The molecule has 0 fully saturated rings. The molecule has 0 bridgehead atoms. The smallest absolute Gasteiger partial charge is 0.410 e. The molecule has 0 aliphatic rings. The first-order valence-corrected chi connectivity index (χ1v) is 4.81. The van der Waals surface area contributed by atoms with Crippen molar-refractivity contribution in [3.05, 3.63) is 29.8 Å². The van der Waals surface area contributed by atoms with Crippen molar-refractivity contribution in [2.45, 2.75) is 20.3 Å². The first kappa shape index (κ1) is 10.6. The monoisotopic (exact) mass is 193 g/mol. The van der Waals surface area contributed by atoms with Crippen molar-refractivity contribution in [1.82, 2.24) is 5.32 Å². The number of ether oxygens (including phenoxy) is 1. The van der Waals surface area contributed by atoms with E-state index in [4.69, 9.17) is 4.74 Å². The van der Waals surface area contributed by atoms with Crippen LogP contribution in [0.4, 0.5) is 4.79 Å². The maximum Gasteiger partial charge on any atom is 0.412 e. The van der Waals surface area contributed by atoms with Crippen LogP contribution in [0.3, 0.4) is 0 Å². The highest BCUT2D eigenvalue weighted by atomic mass is 16.5. The predicted octanol–water partition coefficient (Wildman–Crippen LogP) is 2.36. The summed E-state index contributed by atoms with van der Waals surface area (Å²) in [6.07, 6.45) is 0.582. The zero-order valence-electron chi connectivity index (χ0n) is 8.54. The maximum absolute atomic E-state index is 11.0. The largest absolute Gasteiger partial charge is 0.412 e. The average Bonchev–Trinajstić information content (AvgIpc) is 2.19. The second-order valence-corrected chi connectivity index (χ2v) is 2.92. The number of rotatable bonds is 3. The molecule has 0 aliphatic carbocycles. The van der Waals surface area contributed by atoms with E-state index in [9.17, 15) is 4.79 Å². The van der Waals surface area contributed by atoms with Gasteiger partial charge < -0.3 is 10.1 Å². The van der Waals surface area contributed by atoms with Crippen molar-refractivity contribution in [3.63, 3.8) is 0 Å². The van der Waals surface area contributed by atoms with Gasteiger partial charge in [-0.15, -0.1) is 0 Å². The molecule has 1 aromatic rings. The van der Waals surface area contributed by atoms with E-state index in [0.29, 0.717) is 12.3 Å². The molecular formula is C11H15NO2. The number of carbonyl (C=O) groups excluding carboxylic acids is 1. The van der Waals surface area contributed by atoms with Gasteiger partial charge >= 0.3 is 6.09 Å². The fourth-order valence-corrected chi connectivity index (χ4v) is 1.08. The van der Waals surface area contributed by atoms with Crippen LogP contribution in [-0.2, 0) is 6.42 Å². The van der Waals surface area contributed by atoms with Gasteiger partial charge in [-0.2, -0.15) is 0 Å². The van der Waals surface area contributed by atoms with Gasteiger partial charge in [0.05, 0.1) is 0 Å². The first-order valence-electron chi connectivity index (χ1n) is 4.81. The van der Waals surface area contributed by atoms with Gasteiger partial charge in [0.1, 0.15) is 5.75 Å². The highest BCUT2D eigenvalue weighted by molar-refractivity contribution is 5.70. The predicted molar refractivity (Wildman–Crippen MR) is 55.5 cm³/mol. The van der Waals surface area contributed by atoms with Crippen molar-refractivity contribution in [3.8, 4) is 5.75 Å². The van der Waals surface area contributed by atoms with Gasteiger partial charge in [0.2, 0.25) is 0 Å². The lowest BCUT2D eigenvalue weighted by Gasteiger charge is -2.04. The van der Waals surface area contributed by atoms with Crippen LogP contribution in [0.15, 0.2) is 24.3 Å². The van der Waals surface area contributed by atoms with Crippen molar-refractivity contribution >= 4 is 6.09 Å². The molecule has 0 saturated heterocycles. The van der Waals surface area contributed by atoms with E-state index in [1.807, 2.05) is 19.1 Å². The summed E-state index contributed by atoms with van der Waals surface area (Å²) in [6, 6.07) is 7.51. The van der Waals surface area contributed by atoms with Gasteiger partial charge in [-0.3, -0.25) is 0 Å². The molecule has 0 aliphatic heterocycles. The minimum Gasteiger partial charge on any atom is -0.410 e. The van der Waals surface area contributed by atoms with Crippen molar-refractivity contribution < 1.29 is 9.53 Å². The van der Waals surface area contributed by atoms with Crippen LogP contribution >= 0.6 is 0 Å². The molecule has 76 valence electrons. The number of nitrogens with one attached hydrogen (secondary N) is 1. The van der Waals surface area contributed by atoms with Crippen molar-refractivity contribution in [2.75, 3.05) is 6.54 Å². The van der Waals surface area contributed by atoms with Crippen LogP contribution in [0.1, 0.15) is 19.4 Å². The average molecular weight is 193 g/mol. The quantitative estimate of drug-likeness (QED) is 0.800. The third-order valence-electron chi connectivity index (χ3n) is 1.86. The van der Waals surface area contributed by atoms with Gasteiger partial charge in [-0.25, -0.2) is 4.79 Å². The molecule has 1 N–H and O–H groups in total. The molecule has 1 rings (SSSR count). The Hall–Kier alpha value is -1.51. The van der Waals surface area contributed by atoms with Crippen LogP contribution < -0.4 is 10.1 Å². The zero-order chi connectivity index (χ0) is 10.4. The van der Waals surface area contributed by atoms with E-state index >= 15 is 0 Å².